The third kappa shape index (κ3) is 4.45. The van der Waals surface area contributed by atoms with Crippen LogP contribution >= 0.6 is 11.6 Å². The first-order valence-corrected chi connectivity index (χ1v) is 10.6. The van der Waals surface area contributed by atoms with Crippen molar-refractivity contribution < 1.29 is 22.3 Å². The molecule has 1 N–H and O–H groups in total. The van der Waals surface area contributed by atoms with Crippen LogP contribution in [0.3, 0.4) is 0 Å². The number of piperidine rings is 1. The van der Waals surface area contributed by atoms with E-state index in [9.17, 15) is 17.6 Å². The monoisotopic (exact) mass is 426 g/mol. The van der Waals surface area contributed by atoms with E-state index in [-0.39, 0.29) is 27.4 Å². The summed E-state index contributed by atoms with van der Waals surface area (Å²) in [4.78, 5) is 14.0. The van der Waals surface area contributed by atoms with E-state index in [0.717, 1.165) is 0 Å². The number of benzene rings is 2. The minimum atomic E-state index is -3.76. The van der Waals surface area contributed by atoms with Crippen LogP contribution in [-0.4, -0.2) is 45.5 Å². The fourth-order valence-corrected chi connectivity index (χ4v) is 4.76. The Morgan fingerprint density at radius 3 is 2.50 bits per heavy atom. The van der Waals surface area contributed by atoms with Gasteiger partial charge in [0.1, 0.15) is 11.6 Å². The first-order valence-electron chi connectivity index (χ1n) is 8.71. The van der Waals surface area contributed by atoms with Gasteiger partial charge in [-0.15, -0.1) is 0 Å². The molecule has 1 amide bonds. The lowest BCUT2D eigenvalue weighted by Gasteiger charge is -2.32. The van der Waals surface area contributed by atoms with E-state index in [4.69, 9.17) is 16.3 Å². The van der Waals surface area contributed by atoms with Gasteiger partial charge in [-0.25, -0.2) is 17.5 Å². The molecule has 0 unspecified atom stereocenters. The molecule has 1 aliphatic rings. The lowest BCUT2D eigenvalue weighted by atomic mass is 10.0. The van der Waals surface area contributed by atoms with Crippen LogP contribution < -0.4 is 9.46 Å². The van der Waals surface area contributed by atoms with Crippen LogP contribution in [0.25, 0.3) is 0 Å². The van der Waals surface area contributed by atoms with E-state index in [2.05, 4.69) is 4.72 Å². The molecule has 2 aromatic carbocycles. The maximum atomic E-state index is 13.8. The van der Waals surface area contributed by atoms with Crippen LogP contribution in [0.1, 0.15) is 23.2 Å². The highest BCUT2D eigenvalue weighted by molar-refractivity contribution is 7.89. The predicted molar refractivity (Wildman–Crippen MR) is 104 cm³/mol. The van der Waals surface area contributed by atoms with Crippen molar-refractivity contribution in [2.75, 3.05) is 20.2 Å². The van der Waals surface area contributed by atoms with Gasteiger partial charge in [0, 0.05) is 19.1 Å². The molecule has 6 nitrogen and oxygen atoms in total. The number of rotatable bonds is 5. The Bertz CT molecular complexity index is 976. The number of nitrogens with zero attached hydrogens (tertiary/aromatic N) is 1. The molecule has 1 saturated heterocycles. The molecule has 0 radical (unpaired) electrons. The number of halogens is 2. The molecule has 0 bridgehead atoms. The Hall–Kier alpha value is -2.16. The number of sulfonamides is 1. The quantitative estimate of drug-likeness (QED) is 0.797. The molecule has 3 rings (SSSR count). The Balaban J connectivity index is 1.63. The Labute approximate surface area is 168 Å². The second kappa shape index (κ2) is 8.46. The molecule has 1 aliphatic heterocycles. The minimum absolute atomic E-state index is 0.0226. The fourth-order valence-electron chi connectivity index (χ4n) is 3.11. The lowest BCUT2D eigenvalue weighted by molar-refractivity contribution is 0.0706. The number of carbonyl (C=O) groups excluding carboxylic acids is 1. The maximum Gasteiger partial charge on any atom is 0.256 e. The molecule has 150 valence electrons. The smallest absolute Gasteiger partial charge is 0.256 e. The van der Waals surface area contributed by atoms with Crippen LogP contribution in [-0.2, 0) is 10.0 Å². The summed E-state index contributed by atoms with van der Waals surface area (Å²) in [6.07, 6.45) is 0.868. The summed E-state index contributed by atoms with van der Waals surface area (Å²) < 4.78 is 46.7. The van der Waals surface area contributed by atoms with Crippen LogP contribution in [0.2, 0.25) is 5.02 Å². The van der Waals surface area contributed by atoms with E-state index in [0.29, 0.717) is 31.7 Å². The van der Waals surface area contributed by atoms with Crippen LogP contribution in [0.4, 0.5) is 4.39 Å². The van der Waals surface area contributed by atoms with E-state index < -0.39 is 15.8 Å². The molecule has 0 atom stereocenters. The van der Waals surface area contributed by atoms with Gasteiger partial charge in [0.05, 0.1) is 22.6 Å². The number of amides is 1. The first kappa shape index (κ1) is 20.6. The highest BCUT2D eigenvalue weighted by Crippen LogP contribution is 2.27. The number of hydrogen-bond acceptors (Lipinski definition) is 4. The summed E-state index contributed by atoms with van der Waals surface area (Å²) >= 11 is 6.01. The van der Waals surface area contributed by atoms with E-state index in [1.54, 1.807) is 6.07 Å². The number of hydrogen-bond donors (Lipinski definition) is 1. The zero-order valence-corrected chi connectivity index (χ0v) is 16.8. The fraction of sp³-hybridized carbons (Fsp3) is 0.316. The second-order valence-electron chi connectivity index (χ2n) is 6.46. The summed E-state index contributed by atoms with van der Waals surface area (Å²) in [5, 5.41) is 0.204. The summed E-state index contributed by atoms with van der Waals surface area (Å²) in [7, 11) is -2.31. The predicted octanol–water partition coefficient (Wildman–Crippen LogP) is 3.07. The average Bonchev–Trinajstić information content (AvgIpc) is 2.68. The van der Waals surface area contributed by atoms with Gasteiger partial charge in [0.15, 0.2) is 0 Å². The molecule has 0 aromatic heterocycles. The summed E-state index contributed by atoms with van der Waals surface area (Å²) in [5.74, 6) is -0.561. The van der Waals surface area contributed by atoms with Crippen molar-refractivity contribution in [3.8, 4) is 5.75 Å². The summed E-state index contributed by atoms with van der Waals surface area (Å²) in [6, 6.07) is 9.75. The van der Waals surface area contributed by atoms with Crippen molar-refractivity contribution >= 4 is 27.5 Å². The topological polar surface area (TPSA) is 75.7 Å². The third-order valence-electron chi connectivity index (χ3n) is 4.64. The number of carbonyl (C=O) groups is 1. The number of nitrogens with one attached hydrogen (secondary N) is 1. The summed E-state index contributed by atoms with van der Waals surface area (Å²) in [5.41, 5.74) is 0.0226. The summed E-state index contributed by atoms with van der Waals surface area (Å²) in [6.45, 7) is 0.674. The van der Waals surface area contributed by atoms with Gasteiger partial charge in [-0.1, -0.05) is 23.7 Å². The van der Waals surface area contributed by atoms with Gasteiger partial charge in [-0.3, -0.25) is 4.79 Å². The molecule has 1 heterocycles. The highest BCUT2D eigenvalue weighted by Gasteiger charge is 2.28. The third-order valence-corrected chi connectivity index (χ3v) is 6.46. The normalized spacial score (nSPS) is 15.5. The SMILES string of the molecule is COc1ccc(S(=O)(=O)NC2CCN(C(=O)c3ccccc3F)CC2)cc1Cl. The minimum Gasteiger partial charge on any atom is -0.495 e. The highest BCUT2D eigenvalue weighted by atomic mass is 35.5. The molecular weight excluding hydrogens is 407 g/mol. The molecule has 9 heteroatoms. The molecular formula is C19H20ClFN2O4S. The van der Waals surface area contributed by atoms with Crippen LogP contribution in [0, 0.1) is 5.82 Å². The number of methoxy groups -OCH3 is 1. The van der Waals surface area contributed by atoms with Crippen molar-refractivity contribution in [1.82, 2.24) is 9.62 Å². The van der Waals surface area contributed by atoms with E-state index >= 15 is 0 Å². The zero-order chi connectivity index (χ0) is 20.3. The van der Waals surface area contributed by atoms with Crippen molar-refractivity contribution in [3.63, 3.8) is 0 Å². The van der Waals surface area contributed by atoms with Gasteiger partial charge in [-0.2, -0.15) is 0 Å². The molecule has 0 spiro atoms. The van der Waals surface area contributed by atoms with E-state index in [1.165, 1.54) is 48.4 Å². The largest absolute Gasteiger partial charge is 0.495 e. The van der Waals surface area contributed by atoms with Gasteiger partial charge < -0.3 is 9.64 Å². The molecule has 0 saturated carbocycles. The molecule has 0 aliphatic carbocycles. The Morgan fingerprint density at radius 2 is 1.89 bits per heavy atom. The number of likely N-dealkylation sites (tertiary alicyclic amines) is 1. The van der Waals surface area contributed by atoms with Gasteiger partial charge >= 0.3 is 0 Å². The average molecular weight is 427 g/mol. The molecule has 28 heavy (non-hydrogen) atoms. The van der Waals surface area contributed by atoms with Gasteiger partial charge in [-0.05, 0) is 43.2 Å². The van der Waals surface area contributed by atoms with Crippen molar-refractivity contribution in [1.29, 1.82) is 0 Å². The van der Waals surface area contributed by atoms with Crippen LogP contribution in [0.5, 0.6) is 5.75 Å². The van der Waals surface area contributed by atoms with Crippen molar-refractivity contribution in [2.24, 2.45) is 0 Å². The standard InChI is InChI=1S/C19H20ClFN2O4S/c1-27-18-7-6-14(12-16(18)20)28(25,26)22-13-8-10-23(11-9-13)19(24)15-4-2-3-5-17(15)21/h2-7,12-13,22H,8-11H2,1H3. The van der Waals surface area contributed by atoms with Crippen molar-refractivity contribution in [3.05, 3.63) is 58.9 Å². The van der Waals surface area contributed by atoms with Gasteiger partial charge in [0.25, 0.3) is 5.91 Å². The van der Waals surface area contributed by atoms with Crippen LogP contribution in [0.15, 0.2) is 47.4 Å². The zero-order valence-electron chi connectivity index (χ0n) is 15.2. The second-order valence-corrected chi connectivity index (χ2v) is 8.59. The maximum absolute atomic E-state index is 13.8. The Kier molecular flexibility index (Phi) is 6.22. The van der Waals surface area contributed by atoms with Gasteiger partial charge in [0.2, 0.25) is 10.0 Å². The molecule has 1 fully saturated rings. The lowest BCUT2D eigenvalue weighted by Crippen LogP contribution is -2.46. The number of ether oxygens (including phenoxy) is 1. The Morgan fingerprint density at radius 1 is 1.21 bits per heavy atom. The van der Waals surface area contributed by atoms with Crippen molar-refractivity contribution in [2.45, 2.75) is 23.8 Å². The molecule has 2 aromatic rings. The van der Waals surface area contributed by atoms with E-state index in [1.807, 2.05) is 0 Å². The first-order chi connectivity index (χ1) is 13.3.